The number of nitrogens with zero attached hydrogens (tertiary/aromatic N) is 3. The van der Waals surface area contributed by atoms with Crippen molar-refractivity contribution in [3.63, 3.8) is 0 Å². The number of halogens is 1. The number of aromatic nitrogens is 2. The third-order valence-electron chi connectivity index (χ3n) is 7.48. The molecule has 1 aromatic carbocycles. The molecule has 0 aliphatic carbocycles. The number of likely N-dealkylation sites (tertiary alicyclic amines) is 1. The monoisotopic (exact) mass is 484 g/mol. The van der Waals surface area contributed by atoms with Gasteiger partial charge in [-0.3, -0.25) is 14.7 Å². The van der Waals surface area contributed by atoms with Crippen LogP contribution in [0.3, 0.4) is 0 Å². The Bertz CT molecular complexity index is 1120. The number of benzene rings is 1. The minimum Gasteiger partial charge on any atom is -0.480 e. The average Bonchev–Trinajstić information content (AvgIpc) is 3.24. The number of methoxy groups -OCH3 is 1. The van der Waals surface area contributed by atoms with Crippen LogP contribution in [0.25, 0.3) is 11.3 Å². The van der Waals surface area contributed by atoms with Crippen molar-refractivity contribution in [2.75, 3.05) is 20.2 Å². The fraction of sp³-hybridized carbons (Fsp3) is 0.542. The van der Waals surface area contributed by atoms with Crippen LogP contribution < -0.4 is 15.5 Å². The van der Waals surface area contributed by atoms with Crippen molar-refractivity contribution in [1.29, 1.82) is 0 Å². The predicted octanol–water partition coefficient (Wildman–Crippen LogP) is 2.57. The summed E-state index contributed by atoms with van der Waals surface area (Å²) in [7, 11) is 1.02. The summed E-state index contributed by atoms with van der Waals surface area (Å²) in [5.41, 5.74) is 1.88. The number of hydrogen-bond donors (Lipinski definition) is 1. The van der Waals surface area contributed by atoms with Crippen LogP contribution in [0, 0.1) is 0 Å². The Hall–Kier alpha value is -2.20. The van der Waals surface area contributed by atoms with E-state index in [0.717, 1.165) is 36.2 Å². The molecule has 0 saturated carbocycles. The van der Waals surface area contributed by atoms with E-state index in [0.29, 0.717) is 29.6 Å². The number of nitrogens with one attached hydrogen (secondary N) is 1. The number of carbonyl (C=O) groups is 1. The second-order valence-corrected chi connectivity index (χ2v) is 10.9. The van der Waals surface area contributed by atoms with Crippen LogP contribution in [0.15, 0.2) is 24.4 Å². The summed E-state index contributed by atoms with van der Waals surface area (Å²) in [6.45, 7) is 10.3. The molecular formula is C24H30BClN4O4. The quantitative estimate of drug-likeness (QED) is 0.653. The lowest BCUT2D eigenvalue weighted by Crippen LogP contribution is -2.66. The van der Waals surface area contributed by atoms with Crippen LogP contribution >= 0.6 is 11.6 Å². The van der Waals surface area contributed by atoms with Crippen LogP contribution in [0.4, 0.5) is 0 Å². The molecule has 3 saturated heterocycles. The number of rotatable bonds is 5. The second kappa shape index (κ2) is 8.19. The molecule has 4 heterocycles. The Kier molecular flexibility index (Phi) is 5.67. The second-order valence-electron chi connectivity index (χ2n) is 10.5. The van der Waals surface area contributed by atoms with E-state index in [9.17, 15) is 4.79 Å². The molecule has 1 N–H and O–H groups in total. The van der Waals surface area contributed by atoms with E-state index in [1.165, 1.54) is 0 Å². The van der Waals surface area contributed by atoms with Crippen LogP contribution in [0.1, 0.15) is 46.2 Å². The van der Waals surface area contributed by atoms with Gasteiger partial charge in [0.05, 0.1) is 35.7 Å². The van der Waals surface area contributed by atoms with Crippen molar-refractivity contribution < 1.29 is 18.8 Å². The van der Waals surface area contributed by atoms with E-state index in [1.807, 2.05) is 45.9 Å². The summed E-state index contributed by atoms with van der Waals surface area (Å²) in [6, 6.07) is 5.73. The lowest BCUT2D eigenvalue weighted by Gasteiger charge is -2.47. The van der Waals surface area contributed by atoms with Crippen molar-refractivity contribution in [1.82, 2.24) is 20.2 Å². The van der Waals surface area contributed by atoms with Crippen LogP contribution in [-0.2, 0) is 20.6 Å². The molecule has 10 heteroatoms. The van der Waals surface area contributed by atoms with E-state index in [4.69, 9.17) is 30.6 Å². The minimum atomic E-state index is -0.568. The molecule has 2 aromatic rings. The summed E-state index contributed by atoms with van der Waals surface area (Å²) in [6.07, 6.45) is 3.22. The van der Waals surface area contributed by atoms with Gasteiger partial charge in [-0.15, -0.1) is 0 Å². The highest BCUT2D eigenvalue weighted by molar-refractivity contribution is 6.66. The molecule has 3 fully saturated rings. The molecule has 0 unspecified atom stereocenters. The summed E-state index contributed by atoms with van der Waals surface area (Å²) < 4.78 is 18.0. The lowest BCUT2D eigenvalue weighted by atomic mass is 9.78. The molecule has 8 nitrogen and oxygen atoms in total. The molecule has 1 spiro atoms. The van der Waals surface area contributed by atoms with E-state index in [2.05, 4.69) is 15.2 Å². The van der Waals surface area contributed by atoms with Gasteiger partial charge in [0.2, 0.25) is 11.8 Å². The fourth-order valence-electron chi connectivity index (χ4n) is 4.84. The highest BCUT2D eigenvalue weighted by atomic mass is 35.5. The molecule has 0 radical (unpaired) electrons. The molecule has 1 amide bonds. The van der Waals surface area contributed by atoms with Gasteiger partial charge >= 0.3 is 7.12 Å². The largest absolute Gasteiger partial charge is 0.496 e. The van der Waals surface area contributed by atoms with Gasteiger partial charge in [0.15, 0.2) is 0 Å². The Morgan fingerprint density at radius 1 is 1.21 bits per heavy atom. The molecule has 0 bridgehead atoms. The Labute approximate surface area is 205 Å². The van der Waals surface area contributed by atoms with Crippen LogP contribution in [0.2, 0.25) is 5.02 Å². The van der Waals surface area contributed by atoms with Gasteiger partial charge in [0.25, 0.3) is 0 Å². The van der Waals surface area contributed by atoms with Crippen molar-refractivity contribution in [2.45, 2.75) is 63.8 Å². The first kappa shape index (κ1) is 23.5. The maximum Gasteiger partial charge on any atom is 0.496 e. The van der Waals surface area contributed by atoms with Gasteiger partial charge in [-0.1, -0.05) is 29.8 Å². The zero-order chi connectivity index (χ0) is 24.3. The first-order valence-corrected chi connectivity index (χ1v) is 12.0. The SMILES string of the molecule is COc1nc(-c2cccc(B3OC(C)(C)C(C)(C)O3)c2Cl)cnc1CN1CC2(CCC(=O)N2)C1. The minimum absolute atomic E-state index is 0.0703. The van der Waals surface area contributed by atoms with Gasteiger partial charge < -0.3 is 19.4 Å². The summed E-state index contributed by atoms with van der Waals surface area (Å²) >= 11 is 6.83. The Balaban J connectivity index is 1.36. The van der Waals surface area contributed by atoms with Crippen LogP contribution in [-0.4, -0.2) is 64.8 Å². The highest BCUT2D eigenvalue weighted by Gasteiger charge is 2.52. The number of hydrogen-bond acceptors (Lipinski definition) is 7. The van der Waals surface area contributed by atoms with Crippen molar-refractivity contribution in [3.8, 4) is 17.1 Å². The summed E-state index contributed by atoms with van der Waals surface area (Å²) in [4.78, 5) is 23.2. The number of ether oxygens (including phenoxy) is 1. The maximum absolute atomic E-state index is 11.6. The van der Waals surface area contributed by atoms with E-state index in [-0.39, 0.29) is 11.4 Å². The number of amides is 1. The molecule has 5 rings (SSSR count). The van der Waals surface area contributed by atoms with Crippen molar-refractivity contribution in [2.24, 2.45) is 0 Å². The van der Waals surface area contributed by atoms with Gasteiger partial charge in [-0.2, -0.15) is 0 Å². The summed E-state index contributed by atoms with van der Waals surface area (Å²) in [5.74, 6) is 0.604. The molecule has 1 aromatic heterocycles. The fourth-order valence-corrected chi connectivity index (χ4v) is 5.15. The van der Waals surface area contributed by atoms with Gasteiger partial charge in [-0.05, 0) is 34.1 Å². The predicted molar refractivity (Wildman–Crippen MR) is 130 cm³/mol. The first-order chi connectivity index (χ1) is 16.0. The topological polar surface area (TPSA) is 85.8 Å². The molecule has 3 aliphatic heterocycles. The molecule has 0 atom stereocenters. The molecule has 34 heavy (non-hydrogen) atoms. The van der Waals surface area contributed by atoms with Crippen molar-refractivity contribution in [3.05, 3.63) is 35.1 Å². The van der Waals surface area contributed by atoms with E-state index in [1.54, 1.807) is 13.3 Å². The van der Waals surface area contributed by atoms with Gasteiger partial charge in [0, 0.05) is 42.1 Å². The average molecular weight is 485 g/mol. The van der Waals surface area contributed by atoms with Gasteiger partial charge in [0.1, 0.15) is 5.69 Å². The molecule has 180 valence electrons. The maximum atomic E-state index is 11.6. The number of carbonyl (C=O) groups excluding carboxylic acids is 1. The van der Waals surface area contributed by atoms with Gasteiger partial charge in [-0.25, -0.2) is 4.98 Å². The molecular weight excluding hydrogens is 455 g/mol. The van der Waals surface area contributed by atoms with E-state index < -0.39 is 18.3 Å². The van der Waals surface area contributed by atoms with E-state index >= 15 is 0 Å². The van der Waals surface area contributed by atoms with Crippen LogP contribution in [0.5, 0.6) is 5.88 Å². The normalized spacial score (nSPS) is 22.6. The summed E-state index contributed by atoms with van der Waals surface area (Å²) in [5, 5.41) is 3.62. The third-order valence-corrected chi connectivity index (χ3v) is 7.90. The molecule has 3 aliphatic rings. The zero-order valence-electron chi connectivity index (χ0n) is 20.3. The first-order valence-electron chi connectivity index (χ1n) is 11.6. The standard InChI is InChI=1S/C24H30BClN4O4/c1-22(2)23(3,4)34-25(33-22)16-8-6-7-15(20(16)26)17-11-27-18(21(28-17)32-5)12-30-13-24(14-30)10-9-19(31)29-24/h6-8,11H,9-10,12-14H2,1-5H3,(H,29,31). The Morgan fingerprint density at radius 2 is 1.91 bits per heavy atom. The zero-order valence-corrected chi connectivity index (χ0v) is 21.0. The Morgan fingerprint density at radius 3 is 2.53 bits per heavy atom. The highest BCUT2D eigenvalue weighted by Crippen LogP contribution is 2.38. The smallest absolute Gasteiger partial charge is 0.480 e. The lowest BCUT2D eigenvalue weighted by molar-refractivity contribution is -0.120. The van der Waals surface area contributed by atoms with Crippen molar-refractivity contribution >= 4 is 30.1 Å². The third kappa shape index (κ3) is 3.98.